The molecule has 0 aliphatic carbocycles. The van der Waals surface area contributed by atoms with Gasteiger partial charge in [0.15, 0.2) is 0 Å². The second-order valence-electron chi connectivity index (χ2n) is 6.69. The van der Waals surface area contributed by atoms with Gasteiger partial charge in [0.2, 0.25) is 10.0 Å². The summed E-state index contributed by atoms with van der Waals surface area (Å²) in [4.78, 5) is 1.15. The fourth-order valence-corrected chi connectivity index (χ4v) is 5.19. The minimum Gasteiger partial charge on any atom is -0.384 e. The summed E-state index contributed by atoms with van der Waals surface area (Å²) >= 11 is 1.72. The lowest BCUT2D eigenvalue weighted by Crippen LogP contribution is -2.36. The van der Waals surface area contributed by atoms with Gasteiger partial charge >= 0.3 is 0 Å². The van der Waals surface area contributed by atoms with Crippen LogP contribution in [-0.2, 0) is 19.5 Å². The van der Waals surface area contributed by atoms with Crippen molar-refractivity contribution in [2.24, 2.45) is 0 Å². The summed E-state index contributed by atoms with van der Waals surface area (Å²) < 4.78 is 38.5. The van der Waals surface area contributed by atoms with Gasteiger partial charge in [-0.2, -0.15) is 0 Å². The van der Waals surface area contributed by atoms with E-state index in [-0.39, 0.29) is 18.2 Å². The molecule has 136 valence electrons. The summed E-state index contributed by atoms with van der Waals surface area (Å²) in [5.74, 6) is 0.898. The lowest BCUT2D eigenvalue weighted by Gasteiger charge is -2.19. The highest BCUT2D eigenvalue weighted by atomic mass is 32.2. The van der Waals surface area contributed by atoms with Crippen molar-refractivity contribution >= 4 is 21.8 Å². The molecule has 0 spiro atoms. The van der Waals surface area contributed by atoms with Crippen molar-refractivity contribution in [1.82, 2.24) is 4.72 Å². The molecule has 5 nitrogen and oxygen atoms in total. The minimum atomic E-state index is -3.40. The highest BCUT2D eigenvalue weighted by Crippen LogP contribution is 2.29. The van der Waals surface area contributed by atoms with E-state index < -0.39 is 15.3 Å². The molecule has 0 aromatic heterocycles. The Hall–Kier alpha value is -0.600. The van der Waals surface area contributed by atoms with Crippen molar-refractivity contribution in [3.63, 3.8) is 0 Å². The molecule has 2 atom stereocenters. The Morgan fingerprint density at radius 3 is 2.58 bits per heavy atom. The minimum absolute atomic E-state index is 0.254. The van der Waals surface area contributed by atoms with E-state index >= 15 is 0 Å². The highest BCUT2D eigenvalue weighted by Gasteiger charge is 2.40. The van der Waals surface area contributed by atoms with Crippen LogP contribution < -0.4 is 4.72 Å². The molecular formula is C17H27NO4S2. The van der Waals surface area contributed by atoms with Crippen molar-refractivity contribution in [1.29, 1.82) is 0 Å². The predicted octanol–water partition coefficient (Wildman–Crippen LogP) is 2.97. The predicted molar refractivity (Wildman–Crippen MR) is 97.9 cm³/mol. The second-order valence-corrected chi connectivity index (χ2v) is 9.85. The van der Waals surface area contributed by atoms with Gasteiger partial charge in [0, 0.05) is 23.8 Å². The van der Waals surface area contributed by atoms with Crippen molar-refractivity contribution in [2.45, 2.75) is 49.0 Å². The van der Waals surface area contributed by atoms with Crippen LogP contribution in [0.5, 0.6) is 0 Å². The summed E-state index contributed by atoms with van der Waals surface area (Å²) in [5.41, 5.74) is 0.580. The van der Waals surface area contributed by atoms with E-state index in [0.717, 1.165) is 16.2 Å². The van der Waals surface area contributed by atoms with Crippen LogP contribution in [0.4, 0.5) is 0 Å². The third kappa shape index (κ3) is 5.46. The van der Waals surface area contributed by atoms with E-state index in [0.29, 0.717) is 13.0 Å². The summed E-state index contributed by atoms with van der Waals surface area (Å²) in [6, 6.07) is 7.70. The van der Waals surface area contributed by atoms with Crippen LogP contribution in [-0.4, -0.2) is 45.3 Å². The monoisotopic (exact) mass is 373 g/mol. The number of benzene rings is 1. The Bertz CT molecular complexity index is 628. The molecule has 2 rings (SSSR count). The van der Waals surface area contributed by atoms with Crippen molar-refractivity contribution in [2.75, 3.05) is 26.1 Å². The summed E-state index contributed by atoms with van der Waals surface area (Å²) in [6.07, 6.45) is 0.518. The first-order chi connectivity index (χ1) is 11.2. The molecular weight excluding hydrogens is 346 g/mol. The van der Waals surface area contributed by atoms with Crippen molar-refractivity contribution < 1.29 is 17.9 Å². The lowest BCUT2D eigenvalue weighted by atomic mass is 10.1. The second kappa shape index (κ2) is 8.19. The van der Waals surface area contributed by atoms with Gasteiger partial charge in [0.1, 0.15) is 5.25 Å². The standard InChI is InChI=1S/C17H27NO4S2/c1-13(14-5-7-15(8-6-14)23-10-9-21-4)18-24(19,20)16-11-17(2,3)22-12-16/h5-8,13,16,18H,9-12H2,1-4H3. The first-order valence-corrected chi connectivity index (χ1v) is 10.6. The highest BCUT2D eigenvalue weighted by molar-refractivity contribution is 7.99. The Balaban J connectivity index is 1.95. The lowest BCUT2D eigenvalue weighted by molar-refractivity contribution is 0.0367. The molecule has 0 bridgehead atoms. The number of hydrogen-bond donors (Lipinski definition) is 1. The number of sulfonamides is 1. The molecule has 1 aromatic rings. The maximum Gasteiger partial charge on any atom is 0.217 e. The van der Waals surface area contributed by atoms with Gasteiger partial charge in [-0.15, -0.1) is 11.8 Å². The number of thioether (sulfide) groups is 1. The Labute approximate surface area is 149 Å². The van der Waals surface area contributed by atoms with E-state index in [4.69, 9.17) is 9.47 Å². The molecule has 24 heavy (non-hydrogen) atoms. The van der Waals surface area contributed by atoms with Gasteiger partial charge < -0.3 is 9.47 Å². The van der Waals surface area contributed by atoms with Gasteiger partial charge in [0.05, 0.1) is 18.8 Å². The molecule has 7 heteroatoms. The SMILES string of the molecule is COCCSc1ccc(C(C)NS(=O)(=O)C2COC(C)(C)C2)cc1. The van der Waals surface area contributed by atoms with E-state index in [1.54, 1.807) is 18.9 Å². The van der Waals surface area contributed by atoms with E-state index in [1.165, 1.54) is 0 Å². The molecule has 1 aliphatic rings. The number of ether oxygens (including phenoxy) is 2. The normalized spacial score (nSPS) is 21.8. The number of hydrogen-bond acceptors (Lipinski definition) is 5. The van der Waals surface area contributed by atoms with Crippen LogP contribution in [0.25, 0.3) is 0 Å². The fraction of sp³-hybridized carbons (Fsp3) is 0.647. The number of rotatable bonds is 8. The van der Waals surface area contributed by atoms with Crippen molar-refractivity contribution in [3.05, 3.63) is 29.8 Å². The van der Waals surface area contributed by atoms with Crippen LogP contribution >= 0.6 is 11.8 Å². The quantitative estimate of drug-likeness (QED) is 0.561. The Morgan fingerprint density at radius 2 is 2.04 bits per heavy atom. The molecule has 0 saturated carbocycles. The Kier molecular flexibility index (Phi) is 6.73. The molecule has 1 aromatic carbocycles. The van der Waals surface area contributed by atoms with Gasteiger partial charge in [-0.1, -0.05) is 12.1 Å². The van der Waals surface area contributed by atoms with E-state index in [2.05, 4.69) is 4.72 Å². The smallest absolute Gasteiger partial charge is 0.217 e. The van der Waals surface area contributed by atoms with Gasteiger partial charge in [-0.3, -0.25) is 0 Å². The number of methoxy groups -OCH3 is 1. The molecule has 0 amide bonds. The van der Waals surface area contributed by atoms with Crippen LogP contribution in [0.2, 0.25) is 0 Å². The summed E-state index contributed by atoms with van der Waals surface area (Å²) in [7, 11) is -1.71. The molecule has 1 fully saturated rings. The molecule has 1 aliphatic heterocycles. The third-order valence-corrected chi connectivity index (χ3v) is 6.93. The Morgan fingerprint density at radius 1 is 1.38 bits per heavy atom. The first kappa shape index (κ1) is 19.7. The average Bonchev–Trinajstić information content (AvgIpc) is 2.89. The zero-order chi connectivity index (χ0) is 17.8. The van der Waals surface area contributed by atoms with E-state index in [9.17, 15) is 8.42 Å². The van der Waals surface area contributed by atoms with Crippen molar-refractivity contribution in [3.8, 4) is 0 Å². The fourth-order valence-electron chi connectivity index (χ4n) is 2.69. The van der Waals surface area contributed by atoms with Gasteiger partial charge in [-0.25, -0.2) is 13.1 Å². The first-order valence-electron chi connectivity index (χ1n) is 8.10. The molecule has 2 unspecified atom stereocenters. The molecule has 1 heterocycles. The zero-order valence-electron chi connectivity index (χ0n) is 14.7. The summed E-state index contributed by atoms with van der Waals surface area (Å²) in [6.45, 7) is 6.68. The van der Waals surface area contributed by atoms with Crippen LogP contribution in [0.15, 0.2) is 29.2 Å². The van der Waals surface area contributed by atoms with Gasteiger partial charge in [-0.05, 0) is 44.9 Å². The third-order valence-electron chi connectivity index (χ3n) is 4.10. The van der Waals surface area contributed by atoms with Crippen LogP contribution in [0.1, 0.15) is 38.8 Å². The van der Waals surface area contributed by atoms with Gasteiger partial charge in [0.25, 0.3) is 0 Å². The molecule has 0 radical (unpaired) electrons. The number of nitrogens with one attached hydrogen (secondary N) is 1. The van der Waals surface area contributed by atoms with Crippen LogP contribution in [0.3, 0.4) is 0 Å². The summed E-state index contributed by atoms with van der Waals surface area (Å²) in [5, 5.41) is -0.487. The molecule has 1 N–H and O–H groups in total. The topological polar surface area (TPSA) is 64.6 Å². The zero-order valence-corrected chi connectivity index (χ0v) is 16.4. The van der Waals surface area contributed by atoms with Crippen LogP contribution in [0, 0.1) is 0 Å². The average molecular weight is 374 g/mol. The maximum absolute atomic E-state index is 12.5. The molecule has 1 saturated heterocycles. The maximum atomic E-state index is 12.5. The largest absolute Gasteiger partial charge is 0.384 e. The van der Waals surface area contributed by atoms with E-state index in [1.807, 2.05) is 45.0 Å².